The van der Waals surface area contributed by atoms with Gasteiger partial charge in [0.25, 0.3) is 0 Å². The molecular formula is C11H11NO5. The van der Waals surface area contributed by atoms with Crippen LogP contribution in [0.5, 0.6) is 0 Å². The minimum atomic E-state index is -0.989. The van der Waals surface area contributed by atoms with Gasteiger partial charge in [-0.05, 0) is 18.6 Å². The van der Waals surface area contributed by atoms with E-state index in [1.165, 1.54) is 18.5 Å². The lowest BCUT2D eigenvalue weighted by molar-refractivity contribution is -0.139. The number of rotatable bonds is 5. The van der Waals surface area contributed by atoms with Crippen LogP contribution in [0.25, 0.3) is 0 Å². The summed E-state index contributed by atoms with van der Waals surface area (Å²) in [5, 5.41) is 8.36. The van der Waals surface area contributed by atoms with Gasteiger partial charge in [-0.2, -0.15) is 0 Å². The van der Waals surface area contributed by atoms with Crippen LogP contribution < -0.4 is 0 Å². The van der Waals surface area contributed by atoms with Crippen LogP contribution in [0, 0.1) is 0 Å². The first-order valence-electron chi connectivity index (χ1n) is 4.96. The second kappa shape index (κ2) is 6.37. The number of ether oxygens (including phenoxy) is 1. The molecule has 0 amide bonds. The average Bonchev–Trinajstić information content (AvgIpc) is 2.29. The number of pyridine rings is 1. The van der Waals surface area contributed by atoms with Gasteiger partial charge in [-0.15, -0.1) is 0 Å². The van der Waals surface area contributed by atoms with E-state index in [2.05, 4.69) is 9.72 Å². The van der Waals surface area contributed by atoms with Crippen molar-refractivity contribution >= 4 is 17.9 Å². The van der Waals surface area contributed by atoms with E-state index >= 15 is 0 Å². The van der Waals surface area contributed by atoms with Gasteiger partial charge < -0.3 is 9.84 Å². The third-order valence-electron chi connectivity index (χ3n) is 1.88. The fraction of sp³-hybridized carbons (Fsp3) is 0.273. The second-order valence-electron chi connectivity index (χ2n) is 3.25. The van der Waals surface area contributed by atoms with Crippen molar-refractivity contribution in [2.24, 2.45) is 0 Å². The van der Waals surface area contributed by atoms with Crippen LogP contribution in [0.3, 0.4) is 0 Å². The van der Waals surface area contributed by atoms with Crippen LogP contribution in [0.2, 0.25) is 0 Å². The van der Waals surface area contributed by atoms with E-state index in [1.54, 1.807) is 6.07 Å². The van der Waals surface area contributed by atoms with E-state index in [-0.39, 0.29) is 24.8 Å². The molecule has 0 fully saturated rings. The summed E-state index contributed by atoms with van der Waals surface area (Å²) < 4.78 is 4.51. The van der Waals surface area contributed by atoms with Crippen molar-refractivity contribution in [3.05, 3.63) is 30.1 Å². The van der Waals surface area contributed by atoms with Crippen molar-refractivity contribution in [3.8, 4) is 0 Å². The molecule has 0 aromatic carbocycles. The molecule has 1 aromatic rings. The van der Waals surface area contributed by atoms with Gasteiger partial charge in [-0.25, -0.2) is 4.79 Å². The smallest absolute Gasteiger partial charge is 0.347 e. The van der Waals surface area contributed by atoms with Gasteiger partial charge in [0.05, 0.1) is 5.56 Å². The number of hydrogen-bond donors (Lipinski definition) is 1. The largest absolute Gasteiger partial charge is 0.481 e. The Labute approximate surface area is 97.2 Å². The Bertz CT molecular complexity index is 415. The zero-order valence-electron chi connectivity index (χ0n) is 8.96. The fourth-order valence-electron chi connectivity index (χ4n) is 1.08. The molecule has 1 N–H and O–H groups in total. The lowest BCUT2D eigenvalue weighted by atomic mass is 10.2. The maximum Gasteiger partial charge on any atom is 0.347 e. The van der Waals surface area contributed by atoms with E-state index in [0.717, 1.165) is 0 Å². The summed E-state index contributed by atoms with van der Waals surface area (Å²) in [6, 6.07) is 3.02. The summed E-state index contributed by atoms with van der Waals surface area (Å²) in [7, 11) is 0. The van der Waals surface area contributed by atoms with E-state index in [1.807, 2.05) is 0 Å². The van der Waals surface area contributed by atoms with E-state index < -0.39 is 17.9 Å². The number of carbonyl (C=O) groups is 3. The first-order chi connectivity index (χ1) is 8.09. The highest BCUT2D eigenvalue weighted by atomic mass is 16.6. The zero-order chi connectivity index (χ0) is 12.7. The highest BCUT2D eigenvalue weighted by Gasteiger charge is 2.13. The minimum absolute atomic E-state index is 0.0989. The highest BCUT2D eigenvalue weighted by Crippen LogP contribution is 2.03. The Morgan fingerprint density at radius 3 is 2.65 bits per heavy atom. The van der Waals surface area contributed by atoms with E-state index in [4.69, 9.17) is 5.11 Å². The summed E-state index contributed by atoms with van der Waals surface area (Å²) in [5.74, 6) is -2.50. The van der Waals surface area contributed by atoms with Crippen LogP contribution in [0.4, 0.5) is 0 Å². The third-order valence-corrected chi connectivity index (χ3v) is 1.88. The molecule has 0 unspecified atom stereocenters. The first kappa shape index (κ1) is 12.8. The van der Waals surface area contributed by atoms with Crippen molar-refractivity contribution in [1.82, 2.24) is 4.98 Å². The molecule has 1 heterocycles. The molecule has 0 radical (unpaired) electrons. The molecule has 1 aromatic heterocycles. The molecule has 1 rings (SSSR count). The fourth-order valence-corrected chi connectivity index (χ4v) is 1.08. The monoisotopic (exact) mass is 237 g/mol. The zero-order valence-corrected chi connectivity index (χ0v) is 8.96. The van der Waals surface area contributed by atoms with Gasteiger partial charge in [-0.3, -0.25) is 14.6 Å². The molecule has 0 atom stereocenters. The summed E-state index contributed by atoms with van der Waals surface area (Å²) in [6.45, 7) is 0. The Hall–Kier alpha value is -2.24. The Morgan fingerprint density at radius 2 is 2.06 bits per heavy atom. The molecule has 90 valence electrons. The quantitative estimate of drug-likeness (QED) is 0.607. The third kappa shape index (κ3) is 4.87. The van der Waals surface area contributed by atoms with Crippen molar-refractivity contribution in [3.63, 3.8) is 0 Å². The van der Waals surface area contributed by atoms with Gasteiger partial charge in [0, 0.05) is 25.2 Å². The topological polar surface area (TPSA) is 93.6 Å². The Kier molecular flexibility index (Phi) is 4.80. The SMILES string of the molecule is O=C(O)CCCC(=O)OC(=O)c1cccnc1. The number of esters is 2. The molecule has 6 nitrogen and oxygen atoms in total. The number of carboxylic acids is 1. The number of nitrogens with zero attached hydrogens (tertiary/aromatic N) is 1. The Balaban J connectivity index is 2.36. The normalized spacial score (nSPS) is 9.65. The van der Waals surface area contributed by atoms with E-state index in [9.17, 15) is 14.4 Å². The predicted octanol–water partition coefficient (Wildman–Crippen LogP) is 1.02. The standard InChI is InChI=1S/C11H11NO5/c13-9(14)4-1-5-10(15)17-11(16)8-3-2-6-12-7-8/h2-3,6-7H,1,4-5H2,(H,13,14). The molecule has 6 heteroatoms. The van der Waals surface area contributed by atoms with Crippen molar-refractivity contribution in [2.45, 2.75) is 19.3 Å². The lowest BCUT2D eigenvalue weighted by Gasteiger charge is -2.01. The molecule has 0 saturated heterocycles. The van der Waals surface area contributed by atoms with Gasteiger partial charge in [-0.1, -0.05) is 0 Å². The number of hydrogen-bond acceptors (Lipinski definition) is 5. The summed E-state index contributed by atoms with van der Waals surface area (Å²) in [4.78, 5) is 36.4. The van der Waals surface area contributed by atoms with Crippen LogP contribution >= 0.6 is 0 Å². The molecular weight excluding hydrogens is 226 g/mol. The van der Waals surface area contributed by atoms with Crippen LogP contribution in [0.15, 0.2) is 24.5 Å². The summed E-state index contributed by atoms with van der Waals surface area (Å²) in [5.41, 5.74) is 0.180. The molecule has 0 spiro atoms. The second-order valence-corrected chi connectivity index (χ2v) is 3.25. The molecule has 0 bridgehead atoms. The average molecular weight is 237 g/mol. The van der Waals surface area contributed by atoms with Crippen molar-refractivity contribution in [2.75, 3.05) is 0 Å². The summed E-state index contributed by atoms with van der Waals surface area (Å²) >= 11 is 0. The summed E-state index contributed by atoms with van der Waals surface area (Å²) in [6.07, 6.45) is 2.70. The number of aromatic nitrogens is 1. The van der Waals surface area contributed by atoms with Gasteiger partial charge >= 0.3 is 17.9 Å². The molecule has 0 saturated carbocycles. The minimum Gasteiger partial charge on any atom is -0.481 e. The highest BCUT2D eigenvalue weighted by molar-refractivity contribution is 5.96. The lowest BCUT2D eigenvalue weighted by Crippen LogP contribution is -2.13. The van der Waals surface area contributed by atoms with Crippen LogP contribution in [0.1, 0.15) is 29.6 Å². The molecule has 0 aliphatic heterocycles. The van der Waals surface area contributed by atoms with Crippen LogP contribution in [-0.4, -0.2) is 28.0 Å². The van der Waals surface area contributed by atoms with E-state index in [0.29, 0.717) is 0 Å². The molecule has 0 aliphatic rings. The maximum absolute atomic E-state index is 11.4. The Morgan fingerprint density at radius 1 is 1.29 bits per heavy atom. The van der Waals surface area contributed by atoms with Gasteiger partial charge in [0.15, 0.2) is 0 Å². The number of aliphatic carboxylic acids is 1. The van der Waals surface area contributed by atoms with Crippen molar-refractivity contribution in [1.29, 1.82) is 0 Å². The van der Waals surface area contributed by atoms with Gasteiger partial charge in [0.1, 0.15) is 0 Å². The molecule has 0 aliphatic carbocycles. The predicted molar refractivity (Wildman–Crippen MR) is 56.1 cm³/mol. The molecule has 17 heavy (non-hydrogen) atoms. The first-order valence-corrected chi connectivity index (χ1v) is 4.96. The van der Waals surface area contributed by atoms with Gasteiger partial charge in [0.2, 0.25) is 0 Å². The number of carboxylic acid groups (broad SMARTS) is 1. The number of carbonyl (C=O) groups excluding carboxylic acids is 2. The van der Waals surface area contributed by atoms with Crippen molar-refractivity contribution < 1.29 is 24.2 Å². The van der Waals surface area contributed by atoms with Crippen LogP contribution in [-0.2, 0) is 14.3 Å². The maximum atomic E-state index is 11.4.